The number of terminal acetylenes is 1. The summed E-state index contributed by atoms with van der Waals surface area (Å²) in [5.41, 5.74) is -0.0656. The highest BCUT2D eigenvalue weighted by atomic mass is 16.5. The molecule has 0 heterocycles. The van der Waals surface area contributed by atoms with Crippen molar-refractivity contribution in [2.24, 2.45) is 0 Å². The summed E-state index contributed by atoms with van der Waals surface area (Å²) in [6, 6.07) is 0.0891. The van der Waals surface area contributed by atoms with Gasteiger partial charge in [0.1, 0.15) is 0 Å². The second kappa shape index (κ2) is 4.64. The maximum Gasteiger partial charge on any atom is 0.0981 e. The van der Waals surface area contributed by atoms with Gasteiger partial charge in [0.25, 0.3) is 0 Å². The SMILES string of the molecule is C#CC(NCCC)C1(OC)CCC1. The minimum absolute atomic E-state index is 0.0656. The lowest BCUT2D eigenvalue weighted by atomic mass is 9.74. The average molecular weight is 181 g/mol. The van der Waals surface area contributed by atoms with Gasteiger partial charge in [-0.15, -0.1) is 6.42 Å². The maximum absolute atomic E-state index is 5.52. The van der Waals surface area contributed by atoms with Crippen LogP contribution in [0.5, 0.6) is 0 Å². The Kier molecular flexibility index (Phi) is 3.77. The minimum atomic E-state index is -0.0656. The molecule has 1 N–H and O–H groups in total. The van der Waals surface area contributed by atoms with E-state index in [4.69, 9.17) is 11.2 Å². The number of hydrogen-bond donors (Lipinski definition) is 1. The largest absolute Gasteiger partial charge is 0.376 e. The molecule has 74 valence electrons. The highest BCUT2D eigenvalue weighted by Crippen LogP contribution is 2.37. The fraction of sp³-hybridized carbons (Fsp3) is 0.818. The van der Waals surface area contributed by atoms with E-state index in [1.54, 1.807) is 7.11 Å². The van der Waals surface area contributed by atoms with Crippen LogP contribution in [0.4, 0.5) is 0 Å². The molecule has 0 saturated heterocycles. The van der Waals surface area contributed by atoms with Gasteiger partial charge in [-0.25, -0.2) is 0 Å². The molecule has 1 aliphatic carbocycles. The number of ether oxygens (including phenoxy) is 1. The van der Waals surface area contributed by atoms with E-state index in [1.807, 2.05) is 0 Å². The molecule has 0 aromatic rings. The van der Waals surface area contributed by atoms with E-state index in [0.29, 0.717) is 0 Å². The van der Waals surface area contributed by atoms with E-state index in [0.717, 1.165) is 25.8 Å². The zero-order valence-corrected chi connectivity index (χ0v) is 8.60. The first-order valence-corrected chi connectivity index (χ1v) is 5.03. The number of rotatable bonds is 5. The molecule has 1 saturated carbocycles. The van der Waals surface area contributed by atoms with Crippen molar-refractivity contribution in [2.75, 3.05) is 13.7 Å². The van der Waals surface area contributed by atoms with E-state index in [-0.39, 0.29) is 11.6 Å². The van der Waals surface area contributed by atoms with E-state index in [1.165, 1.54) is 6.42 Å². The van der Waals surface area contributed by atoms with Gasteiger partial charge in [-0.3, -0.25) is 0 Å². The number of hydrogen-bond acceptors (Lipinski definition) is 2. The molecule has 0 radical (unpaired) electrons. The van der Waals surface area contributed by atoms with Gasteiger partial charge in [-0.05, 0) is 32.2 Å². The number of methoxy groups -OCH3 is 1. The van der Waals surface area contributed by atoms with Gasteiger partial charge >= 0.3 is 0 Å². The Balaban J connectivity index is 2.49. The number of nitrogens with one attached hydrogen (secondary N) is 1. The van der Waals surface area contributed by atoms with Crippen LogP contribution in [0, 0.1) is 12.3 Å². The predicted octanol–water partition coefficient (Wildman–Crippen LogP) is 1.56. The Morgan fingerprint density at radius 3 is 2.62 bits per heavy atom. The molecule has 0 amide bonds. The van der Waals surface area contributed by atoms with E-state index in [2.05, 4.69) is 18.2 Å². The van der Waals surface area contributed by atoms with E-state index < -0.39 is 0 Å². The van der Waals surface area contributed by atoms with Crippen molar-refractivity contribution in [1.29, 1.82) is 0 Å². The van der Waals surface area contributed by atoms with Gasteiger partial charge in [0.05, 0.1) is 11.6 Å². The molecule has 2 nitrogen and oxygen atoms in total. The molecule has 1 unspecified atom stereocenters. The quantitative estimate of drug-likeness (QED) is 0.650. The molecule has 1 aliphatic rings. The molecular formula is C11H19NO. The van der Waals surface area contributed by atoms with Gasteiger partial charge in [-0.1, -0.05) is 12.8 Å². The average Bonchev–Trinajstić information content (AvgIpc) is 2.09. The molecule has 0 aromatic heterocycles. The van der Waals surface area contributed by atoms with Gasteiger partial charge < -0.3 is 10.1 Å². The summed E-state index contributed by atoms with van der Waals surface area (Å²) in [7, 11) is 1.76. The summed E-state index contributed by atoms with van der Waals surface area (Å²) in [5, 5.41) is 3.35. The Morgan fingerprint density at radius 2 is 2.31 bits per heavy atom. The van der Waals surface area contributed by atoms with Crippen LogP contribution < -0.4 is 5.32 Å². The smallest absolute Gasteiger partial charge is 0.0981 e. The molecule has 2 heteroatoms. The highest BCUT2D eigenvalue weighted by molar-refractivity contribution is 5.13. The van der Waals surface area contributed by atoms with Gasteiger partial charge in [0, 0.05) is 7.11 Å². The first-order chi connectivity index (χ1) is 6.29. The molecule has 0 aromatic carbocycles. The molecule has 0 spiro atoms. The Bertz CT molecular complexity index is 185. The molecule has 1 atom stereocenters. The normalized spacial score (nSPS) is 21.6. The molecule has 1 fully saturated rings. The van der Waals surface area contributed by atoms with Crippen LogP contribution in [0.1, 0.15) is 32.6 Å². The Hall–Kier alpha value is -0.520. The summed E-state index contributed by atoms with van der Waals surface area (Å²) >= 11 is 0. The Labute approximate surface area is 81.0 Å². The molecule has 13 heavy (non-hydrogen) atoms. The second-order valence-corrected chi connectivity index (χ2v) is 3.68. The van der Waals surface area contributed by atoms with Crippen LogP contribution in [-0.4, -0.2) is 25.3 Å². The summed E-state index contributed by atoms with van der Waals surface area (Å²) in [5.74, 6) is 2.79. The summed E-state index contributed by atoms with van der Waals surface area (Å²) < 4.78 is 5.52. The van der Waals surface area contributed by atoms with Crippen molar-refractivity contribution in [3.8, 4) is 12.3 Å². The van der Waals surface area contributed by atoms with Gasteiger partial charge in [-0.2, -0.15) is 0 Å². The van der Waals surface area contributed by atoms with Crippen LogP contribution in [0.2, 0.25) is 0 Å². The third-order valence-corrected chi connectivity index (χ3v) is 2.90. The van der Waals surface area contributed by atoms with Crippen LogP contribution in [0.3, 0.4) is 0 Å². The second-order valence-electron chi connectivity index (χ2n) is 3.68. The van der Waals surface area contributed by atoms with Crippen molar-refractivity contribution in [3.05, 3.63) is 0 Å². The van der Waals surface area contributed by atoms with Crippen molar-refractivity contribution >= 4 is 0 Å². The van der Waals surface area contributed by atoms with Crippen LogP contribution in [0.15, 0.2) is 0 Å². The van der Waals surface area contributed by atoms with Crippen molar-refractivity contribution in [2.45, 2.75) is 44.2 Å². The summed E-state index contributed by atoms with van der Waals surface area (Å²) in [4.78, 5) is 0. The van der Waals surface area contributed by atoms with E-state index >= 15 is 0 Å². The monoisotopic (exact) mass is 181 g/mol. The maximum atomic E-state index is 5.52. The topological polar surface area (TPSA) is 21.3 Å². The first-order valence-electron chi connectivity index (χ1n) is 5.03. The molecule has 0 aliphatic heterocycles. The third kappa shape index (κ3) is 2.04. The lowest BCUT2D eigenvalue weighted by Crippen LogP contribution is -2.55. The summed E-state index contributed by atoms with van der Waals surface area (Å²) in [6.45, 7) is 3.11. The Morgan fingerprint density at radius 1 is 1.62 bits per heavy atom. The van der Waals surface area contributed by atoms with Crippen molar-refractivity contribution < 1.29 is 4.74 Å². The highest BCUT2D eigenvalue weighted by Gasteiger charge is 2.43. The van der Waals surface area contributed by atoms with Gasteiger partial charge in [0.2, 0.25) is 0 Å². The lowest BCUT2D eigenvalue weighted by molar-refractivity contribution is -0.0851. The fourth-order valence-electron chi connectivity index (χ4n) is 1.82. The third-order valence-electron chi connectivity index (χ3n) is 2.90. The lowest BCUT2D eigenvalue weighted by Gasteiger charge is -2.44. The standard InChI is InChI=1S/C11H19NO/c1-4-9-12-10(5-2)11(13-3)7-6-8-11/h2,10,12H,4,6-9H2,1,3H3. The zero-order valence-electron chi connectivity index (χ0n) is 8.60. The summed E-state index contributed by atoms with van der Waals surface area (Å²) in [6.07, 6.45) is 10.0. The predicted molar refractivity (Wildman–Crippen MR) is 54.5 cm³/mol. The first kappa shape index (κ1) is 10.6. The zero-order chi connectivity index (χ0) is 9.73. The van der Waals surface area contributed by atoms with Crippen LogP contribution >= 0.6 is 0 Å². The molecule has 1 rings (SSSR count). The molecular weight excluding hydrogens is 162 g/mol. The van der Waals surface area contributed by atoms with Crippen LogP contribution in [0.25, 0.3) is 0 Å². The van der Waals surface area contributed by atoms with E-state index in [9.17, 15) is 0 Å². The molecule has 0 bridgehead atoms. The van der Waals surface area contributed by atoms with Crippen molar-refractivity contribution in [3.63, 3.8) is 0 Å². The van der Waals surface area contributed by atoms with Crippen molar-refractivity contribution in [1.82, 2.24) is 5.32 Å². The van der Waals surface area contributed by atoms with Gasteiger partial charge in [0.15, 0.2) is 0 Å². The minimum Gasteiger partial charge on any atom is -0.376 e. The fourth-order valence-corrected chi connectivity index (χ4v) is 1.82. The van der Waals surface area contributed by atoms with Crippen LogP contribution in [-0.2, 0) is 4.74 Å².